The highest BCUT2D eigenvalue weighted by molar-refractivity contribution is 5.94. The fraction of sp³-hybridized carbons (Fsp3) is 0.357. The van der Waals surface area contributed by atoms with E-state index in [2.05, 4.69) is 4.98 Å². The minimum absolute atomic E-state index is 0. The normalized spacial score (nSPS) is 12.8. The molecule has 2 heterocycles. The Morgan fingerprint density at radius 1 is 1.45 bits per heavy atom. The monoisotopic (exact) mass is 294 g/mol. The molecule has 6 heteroatoms. The number of esters is 1. The number of benzene rings is 1. The fourth-order valence-corrected chi connectivity index (χ4v) is 2.43. The lowest BCUT2D eigenvalue weighted by atomic mass is 10.1. The molecular formula is C14H15ClN2O3. The summed E-state index contributed by atoms with van der Waals surface area (Å²) in [6.07, 6.45) is 1.76. The Balaban J connectivity index is 0.00000147. The van der Waals surface area contributed by atoms with Gasteiger partial charge in [-0.2, -0.15) is 0 Å². The number of nitrogens with zero attached hydrogens (tertiary/aromatic N) is 2. The number of carbonyl (C=O) groups excluding carboxylic acids is 1. The number of hydrogen-bond acceptors (Lipinski definition) is 4. The first-order valence-electron chi connectivity index (χ1n) is 6.41. The second-order valence-corrected chi connectivity index (χ2v) is 4.54. The summed E-state index contributed by atoms with van der Waals surface area (Å²) in [6.45, 7) is 2.82. The third-order valence-electron chi connectivity index (χ3n) is 3.33. The number of ether oxygens (including phenoxy) is 1. The molecule has 0 atom stereocenters. The standard InChI is InChI=1S/C14H14N2O3.ClH/c1-2-19-14(18)9-5-6-10-11(8-9)15-12-4-3-7-16(12)13(10)17;/h5-6,8H,2-4,7H2,1H3;1H. The molecule has 0 spiro atoms. The molecule has 0 amide bonds. The van der Waals surface area contributed by atoms with Gasteiger partial charge in [0.05, 0.1) is 23.1 Å². The van der Waals surface area contributed by atoms with Crippen LogP contribution in [0.3, 0.4) is 0 Å². The van der Waals surface area contributed by atoms with Crippen molar-refractivity contribution < 1.29 is 9.53 Å². The van der Waals surface area contributed by atoms with E-state index in [0.717, 1.165) is 25.2 Å². The van der Waals surface area contributed by atoms with Crippen molar-refractivity contribution in [2.45, 2.75) is 26.3 Å². The molecule has 0 aliphatic carbocycles. The van der Waals surface area contributed by atoms with Crippen LogP contribution in [0, 0.1) is 0 Å². The van der Waals surface area contributed by atoms with Crippen LogP contribution >= 0.6 is 12.4 Å². The summed E-state index contributed by atoms with van der Waals surface area (Å²) in [5.41, 5.74) is 0.987. The Morgan fingerprint density at radius 3 is 3.00 bits per heavy atom. The number of rotatable bonds is 2. The van der Waals surface area contributed by atoms with Gasteiger partial charge in [0, 0.05) is 13.0 Å². The minimum atomic E-state index is -0.383. The summed E-state index contributed by atoms with van der Waals surface area (Å²) < 4.78 is 6.66. The molecule has 3 rings (SSSR count). The number of carbonyl (C=O) groups is 1. The van der Waals surface area contributed by atoms with E-state index in [9.17, 15) is 9.59 Å². The molecule has 1 aliphatic rings. The largest absolute Gasteiger partial charge is 0.462 e. The van der Waals surface area contributed by atoms with E-state index >= 15 is 0 Å². The highest BCUT2D eigenvalue weighted by Gasteiger charge is 2.17. The molecule has 5 nitrogen and oxygen atoms in total. The van der Waals surface area contributed by atoms with E-state index in [4.69, 9.17) is 4.74 Å². The first-order valence-corrected chi connectivity index (χ1v) is 6.41. The summed E-state index contributed by atoms with van der Waals surface area (Å²) in [4.78, 5) is 28.4. The van der Waals surface area contributed by atoms with Gasteiger partial charge in [0.15, 0.2) is 0 Å². The van der Waals surface area contributed by atoms with Gasteiger partial charge in [-0.05, 0) is 31.5 Å². The summed E-state index contributed by atoms with van der Waals surface area (Å²) in [7, 11) is 0. The molecule has 2 aromatic rings. The maximum absolute atomic E-state index is 12.2. The molecule has 1 aromatic carbocycles. The van der Waals surface area contributed by atoms with Crippen LogP contribution < -0.4 is 5.56 Å². The first kappa shape index (κ1) is 14.5. The van der Waals surface area contributed by atoms with Gasteiger partial charge in [0.25, 0.3) is 5.56 Å². The molecular weight excluding hydrogens is 280 g/mol. The van der Waals surface area contributed by atoms with Crippen LogP contribution in [0.2, 0.25) is 0 Å². The highest BCUT2D eigenvalue weighted by Crippen LogP contribution is 2.16. The smallest absolute Gasteiger partial charge is 0.338 e. The van der Waals surface area contributed by atoms with Crippen molar-refractivity contribution in [2.75, 3.05) is 6.61 Å². The van der Waals surface area contributed by atoms with Crippen LogP contribution in [0.15, 0.2) is 23.0 Å². The molecule has 20 heavy (non-hydrogen) atoms. The van der Waals surface area contributed by atoms with Gasteiger partial charge in [0.1, 0.15) is 5.82 Å². The number of hydrogen-bond donors (Lipinski definition) is 0. The average molecular weight is 295 g/mol. The number of aromatic nitrogens is 2. The maximum Gasteiger partial charge on any atom is 0.338 e. The Morgan fingerprint density at radius 2 is 2.25 bits per heavy atom. The van der Waals surface area contributed by atoms with E-state index in [1.165, 1.54) is 0 Å². The molecule has 0 unspecified atom stereocenters. The zero-order valence-corrected chi connectivity index (χ0v) is 11.9. The van der Waals surface area contributed by atoms with Crippen LogP contribution in [0.1, 0.15) is 29.5 Å². The van der Waals surface area contributed by atoms with Crippen molar-refractivity contribution >= 4 is 29.3 Å². The molecule has 106 valence electrons. The summed E-state index contributed by atoms with van der Waals surface area (Å²) >= 11 is 0. The summed E-state index contributed by atoms with van der Waals surface area (Å²) in [5, 5.41) is 0.554. The maximum atomic E-state index is 12.2. The Hall–Kier alpha value is -1.88. The fourth-order valence-electron chi connectivity index (χ4n) is 2.43. The van der Waals surface area contributed by atoms with Gasteiger partial charge in [-0.3, -0.25) is 9.36 Å². The molecule has 0 saturated heterocycles. The topological polar surface area (TPSA) is 61.2 Å². The lowest BCUT2D eigenvalue weighted by molar-refractivity contribution is 0.0526. The second kappa shape index (κ2) is 5.63. The summed E-state index contributed by atoms with van der Waals surface area (Å²) in [5.74, 6) is 0.422. The van der Waals surface area contributed by atoms with Crippen LogP contribution in [0.5, 0.6) is 0 Å². The van der Waals surface area contributed by atoms with Crippen molar-refractivity contribution in [3.8, 4) is 0 Å². The zero-order chi connectivity index (χ0) is 13.4. The van der Waals surface area contributed by atoms with Crippen molar-refractivity contribution in [3.63, 3.8) is 0 Å². The molecule has 0 saturated carbocycles. The van der Waals surface area contributed by atoms with Gasteiger partial charge >= 0.3 is 5.97 Å². The summed E-state index contributed by atoms with van der Waals surface area (Å²) in [6, 6.07) is 4.90. The van der Waals surface area contributed by atoms with E-state index < -0.39 is 0 Å². The highest BCUT2D eigenvalue weighted by atomic mass is 35.5. The Kier molecular flexibility index (Phi) is 4.09. The van der Waals surface area contributed by atoms with E-state index in [1.807, 2.05) is 0 Å². The molecule has 0 N–H and O–H groups in total. The van der Waals surface area contributed by atoms with Gasteiger partial charge in [0.2, 0.25) is 0 Å². The lowest BCUT2D eigenvalue weighted by Crippen LogP contribution is -2.21. The van der Waals surface area contributed by atoms with Crippen LogP contribution in [-0.4, -0.2) is 22.1 Å². The van der Waals surface area contributed by atoms with Crippen molar-refractivity contribution in [3.05, 3.63) is 39.9 Å². The van der Waals surface area contributed by atoms with E-state index in [0.29, 0.717) is 23.1 Å². The molecule has 0 bridgehead atoms. The zero-order valence-electron chi connectivity index (χ0n) is 11.1. The molecule has 1 aromatic heterocycles. The number of aryl methyl sites for hydroxylation is 1. The second-order valence-electron chi connectivity index (χ2n) is 4.54. The van der Waals surface area contributed by atoms with Crippen LogP contribution in [0.25, 0.3) is 10.9 Å². The first-order chi connectivity index (χ1) is 9.20. The quantitative estimate of drug-likeness (QED) is 0.794. The lowest BCUT2D eigenvalue weighted by Gasteiger charge is -2.06. The van der Waals surface area contributed by atoms with E-state index in [-0.39, 0.29) is 23.9 Å². The van der Waals surface area contributed by atoms with Gasteiger partial charge in [-0.1, -0.05) is 0 Å². The van der Waals surface area contributed by atoms with Gasteiger partial charge < -0.3 is 4.74 Å². The van der Waals surface area contributed by atoms with Crippen LogP contribution in [0.4, 0.5) is 0 Å². The van der Waals surface area contributed by atoms with Gasteiger partial charge in [-0.15, -0.1) is 12.4 Å². The number of halogens is 1. The third-order valence-corrected chi connectivity index (χ3v) is 3.33. The Labute approximate surface area is 122 Å². The number of fused-ring (bicyclic) bond motifs is 2. The average Bonchev–Trinajstić information content (AvgIpc) is 2.87. The molecule has 1 aliphatic heterocycles. The Bertz CT molecular complexity index is 724. The predicted molar refractivity (Wildman–Crippen MR) is 77.5 cm³/mol. The predicted octanol–water partition coefficient (Wildman–Crippen LogP) is 1.94. The molecule has 0 fully saturated rings. The van der Waals surface area contributed by atoms with Crippen LogP contribution in [-0.2, 0) is 17.7 Å². The molecule has 0 radical (unpaired) electrons. The van der Waals surface area contributed by atoms with Crippen molar-refractivity contribution in [1.82, 2.24) is 9.55 Å². The minimum Gasteiger partial charge on any atom is -0.462 e. The SMILES string of the molecule is CCOC(=O)c1ccc2c(=O)n3c(nc2c1)CCC3.Cl. The van der Waals surface area contributed by atoms with Crippen molar-refractivity contribution in [1.29, 1.82) is 0 Å². The van der Waals surface area contributed by atoms with Gasteiger partial charge in [-0.25, -0.2) is 9.78 Å². The van der Waals surface area contributed by atoms with E-state index in [1.54, 1.807) is 29.7 Å². The van der Waals surface area contributed by atoms with Crippen molar-refractivity contribution in [2.24, 2.45) is 0 Å². The third kappa shape index (κ3) is 2.29.